The van der Waals surface area contributed by atoms with Crippen molar-refractivity contribution in [1.82, 2.24) is 0 Å². The molecule has 0 aromatic heterocycles. The van der Waals surface area contributed by atoms with Gasteiger partial charge in [0.25, 0.3) is 5.69 Å². The predicted molar refractivity (Wildman–Crippen MR) is 48.3 cm³/mol. The predicted octanol–water partition coefficient (Wildman–Crippen LogP) is 1.74. The Morgan fingerprint density at radius 3 is 2.71 bits per heavy atom. The van der Waals surface area contributed by atoms with Gasteiger partial charge < -0.3 is 4.74 Å². The normalized spacial score (nSPS) is 11.8. The van der Waals surface area contributed by atoms with Crippen LogP contribution < -0.4 is 0 Å². The summed E-state index contributed by atoms with van der Waals surface area (Å²) in [5.41, 5.74) is 0.302. The molecule has 5 nitrogen and oxygen atoms in total. The van der Waals surface area contributed by atoms with Gasteiger partial charge in [-0.05, 0) is 13.0 Å². The number of hydrogen-bond donors (Lipinski definition) is 0. The first-order chi connectivity index (χ1) is 6.66. The van der Waals surface area contributed by atoms with Gasteiger partial charge in [0.05, 0.1) is 10.5 Å². The summed E-state index contributed by atoms with van der Waals surface area (Å²) in [4.78, 5) is 20.0. The SMILES string of the molecule is CC(O[C]=O)c1ccccc1[N+](=O)[O-]. The minimum Gasteiger partial charge on any atom is -0.449 e. The number of nitrogens with zero attached hydrogens (tertiary/aromatic N) is 1. The zero-order valence-electron chi connectivity index (χ0n) is 7.47. The van der Waals surface area contributed by atoms with E-state index in [4.69, 9.17) is 0 Å². The Balaban J connectivity index is 3.06. The second kappa shape index (κ2) is 4.36. The van der Waals surface area contributed by atoms with Crippen molar-refractivity contribution < 1.29 is 14.5 Å². The Labute approximate surface area is 80.5 Å². The van der Waals surface area contributed by atoms with E-state index in [0.29, 0.717) is 5.56 Å². The van der Waals surface area contributed by atoms with Crippen LogP contribution in [0.5, 0.6) is 0 Å². The van der Waals surface area contributed by atoms with Crippen molar-refractivity contribution in [3.63, 3.8) is 0 Å². The number of nitro groups is 1. The molecule has 1 unspecified atom stereocenters. The Hall–Kier alpha value is -1.91. The monoisotopic (exact) mass is 194 g/mol. The van der Waals surface area contributed by atoms with Gasteiger partial charge in [0.2, 0.25) is 0 Å². The number of benzene rings is 1. The van der Waals surface area contributed by atoms with Crippen LogP contribution in [0.15, 0.2) is 24.3 Å². The van der Waals surface area contributed by atoms with Gasteiger partial charge in [-0.3, -0.25) is 10.1 Å². The molecule has 0 aliphatic rings. The molecule has 1 radical (unpaired) electrons. The van der Waals surface area contributed by atoms with Crippen molar-refractivity contribution in [2.75, 3.05) is 0 Å². The van der Waals surface area contributed by atoms with E-state index in [1.807, 2.05) is 0 Å². The Morgan fingerprint density at radius 1 is 1.50 bits per heavy atom. The summed E-state index contributed by atoms with van der Waals surface area (Å²) in [6, 6.07) is 6.10. The molecule has 0 bridgehead atoms. The molecule has 0 aliphatic heterocycles. The van der Waals surface area contributed by atoms with E-state index in [-0.39, 0.29) is 5.69 Å². The van der Waals surface area contributed by atoms with Crippen molar-refractivity contribution in [1.29, 1.82) is 0 Å². The Kier molecular flexibility index (Phi) is 3.17. The Bertz CT molecular complexity index is 350. The summed E-state index contributed by atoms with van der Waals surface area (Å²) in [5.74, 6) is 0. The molecule has 0 fully saturated rings. The summed E-state index contributed by atoms with van der Waals surface area (Å²) >= 11 is 0. The molecular weight excluding hydrogens is 186 g/mol. The second-order valence-corrected chi connectivity index (χ2v) is 2.66. The van der Waals surface area contributed by atoms with E-state index in [9.17, 15) is 14.9 Å². The molecule has 0 heterocycles. The van der Waals surface area contributed by atoms with E-state index in [1.165, 1.54) is 12.5 Å². The van der Waals surface area contributed by atoms with Gasteiger partial charge in [-0.25, -0.2) is 4.79 Å². The van der Waals surface area contributed by atoms with Crippen LogP contribution in [0, 0.1) is 10.1 Å². The molecule has 0 spiro atoms. The number of para-hydroxylation sites is 1. The van der Waals surface area contributed by atoms with E-state index in [1.54, 1.807) is 25.1 Å². The fourth-order valence-electron chi connectivity index (χ4n) is 1.13. The van der Waals surface area contributed by atoms with Crippen LogP contribution in [-0.4, -0.2) is 11.4 Å². The van der Waals surface area contributed by atoms with Gasteiger partial charge in [0.15, 0.2) is 0 Å². The van der Waals surface area contributed by atoms with Crippen LogP contribution in [0.25, 0.3) is 0 Å². The summed E-state index contributed by atoms with van der Waals surface area (Å²) in [6.07, 6.45) is -0.658. The highest BCUT2D eigenvalue weighted by Crippen LogP contribution is 2.26. The van der Waals surface area contributed by atoms with Crippen molar-refractivity contribution in [2.45, 2.75) is 13.0 Å². The Morgan fingerprint density at radius 2 is 2.14 bits per heavy atom. The number of hydrogen-bond acceptors (Lipinski definition) is 4. The van der Waals surface area contributed by atoms with E-state index in [0.717, 1.165) is 0 Å². The third-order valence-electron chi connectivity index (χ3n) is 1.80. The first kappa shape index (κ1) is 10.2. The third kappa shape index (κ3) is 2.07. The summed E-state index contributed by atoms with van der Waals surface area (Å²) in [5, 5.41) is 10.6. The minimum atomic E-state index is -0.658. The highest BCUT2D eigenvalue weighted by atomic mass is 16.6. The molecule has 1 aromatic rings. The van der Waals surface area contributed by atoms with Crippen molar-refractivity contribution in [3.8, 4) is 0 Å². The van der Waals surface area contributed by atoms with Crippen molar-refractivity contribution in [2.24, 2.45) is 0 Å². The fraction of sp³-hybridized carbons (Fsp3) is 0.222. The molecule has 1 aromatic carbocycles. The number of rotatable bonds is 4. The lowest BCUT2D eigenvalue weighted by Crippen LogP contribution is -2.02. The largest absolute Gasteiger partial charge is 0.449 e. The lowest BCUT2D eigenvalue weighted by Gasteiger charge is -2.08. The molecule has 1 rings (SSSR count). The first-order valence-electron chi connectivity index (χ1n) is 3.93. The second-order valence-electron chi connectivity index (χ2n) is 2.66. The average molecular weight is 194 g/mol. The lowest BCUT2D eigenvalue weighted by molar-refractivity contribution is -0.386. The van der Waals surface area contributed by atoms with E-state index >= 15 is 0 Å². The maximum atomic E-state index is 10.6. The zero-order chi connectivity index (χ0) is 10.6. The molecule has 0 amide bonds. The van der Waals surface area contributed by atoms with Crippen LogP contribution in [-0.2, 0) is 9.53 Å². The minimum absolute atomic E-state index is 0.0600. The average Bonchev–Trinajstić information content (AvgIpc) is 2.18. The van der Waals surface area contributed by atoms with Crippen LogP contribution in [0.1, 0.15) is 18.6 Å². The number of carbonyl (C=O) groups excluding carboxylic acids is 1. The molecule has 5 heteroatoms. The molecule has 14 heavy (non-hydrogen) atoms. The summed E-state index contributed by atoms with van der Waals surface area (Å²) < 4.78 is 4.51. The van der Waals surface area contributed by atoms with Crippen molar-refractivity contribution >= 4 is 12.2 Å². The summed E-state index contributed by atoms with van der Waals surface area (Å²) in [7, 11) is 0. The van der Waals surface area contributed by atoms with Crippen LogP contribution >= 0.6 is 0 Å². The van der Waals surface area contributed by atoms with Gasteiger partial charge in [-0.15, -0.1) is 0 Å². The lowest BCUT2D eigenvalue weighted by atomic mass is 10.1. The number of nitro benzene ring substituents is 1. The van der Waals surface area contributed by atoms with Crippen LogP contribution in [0.3, 0.4) is 0 Å². The molecule has 0 saturated carbocycles. The topological polar surface area (TPSA) is 69.4 Å². The third-order valence-corrected chi connectivity index (χ3v) is 1.80. The molecule has 0 saturated heterocycles. The molecular formula is C9H8NO4. The smallest absolute Gasteiger partial charge is 0.418 e. The standard InChI is InChI=1S/C9H8NO4/c1-7(14-6-11)8-4-2-3-5-9(8)10(12)13/h2-5,7H,1H3. The molecule has 73 valence electrons. The highest BCUT2D eigenvalue weighted by Gasteiger charge is 2.18. The van der Waals surface area contributed by atoms with Gasteiger partial charge in [0, 0.05) is 6.07 Å². The maximum Gasteiger partial charge on any atom is 0.418 e. The zero-order valence-corrected chi connectivity index (χ0v) is 7.47. The first-order valence-corrected chi connectivity index (χ1v) is 3.93. The quantitative estimate of drug-likeness (QED) is 0.540. The van der Waals surface area contributed by atoms with Gasteiger partial charge in [0.1, 0.15) is 6.10 Å². The maximum absolute atomic E-state index is 10.6. The van der Waals surface area contributed by atoms with Gasteiger partial charge >= 0.3 is 6.47 Å². The molecule has 0 aliphatic carbocycles. The molecule has 1 atom stereocenters. The summed E-state index contributed by atoms with van der Waals surface area (Å²) in [6.45, 7) is 2.81. The highest BCUT2D eigenvalue weighted by molar-refractivity contribution is 5.44. The number of ether oxygens (including phenoxy) is 1. The fourth-order valence-corrected chi connectivity index (χ4v) is 1.13. The van der Waals surface area contributed by atoms with Crippen LogP contribution in [0.4, 0.5) is 5.69 Å². The molecule has 0 N–H and O–H groups in total. The van der Waals surface area contributed by atoms with E-state index < -0.39 is 11.0 Å². The van der Waals surface area contributed by atoms with Gasteiger partial charge in [-0.2, -0.15) is 0 Å². The van der Waals surface area contributed by atoms with E-state index in [2.05, 4.69) is 4.74 Å². The van der Waals surface area contributed by atoms with Crippen molar-refractivity contribution in [3.05, 3.63) is 39.9 Å². The van der Waals surface area contributed by atoms with Gasteiger partial charge in [-0.1, -0.05) is 12.1 Å². The van der Waals surface area contributed by atoms with Crippen LogP contribution in [0.2, 0.25) is 0 Å².